The molecule has 1 heterocycles. The van der Waals surface area contributed by atoms with E-state index in [2.05, 4.69) is 18.8 Å². The van der Waals surface area contributed by atoms with Crippen molar-refractivity contribution in [3.63, 3.8) is 0 Å². The zero-order chi connectivity index (χ0) is 10.3. The van der Waals surface area contributed by atoms with E-state index in [0.29, 0.717) is 11.3 Å². The minimum atomic E-state index is -0.199. The molecule has 2 nitrogen and oxygen atoms in total. The summed E-state index contributed by atoms with van der Waals surface area (Å²) in [6.07, 6.45) is 1.68. The number of nitrogens with zero attached hydrogens (tertiary/aromatic N) is 1. The van der Waals surface area contributed by atoms with E-state index in [4.69, 9.17) is 0 Å². The number of rotatable bonds is 3. The Hall–Kier alpha value is -0.410. The quantitative estimate of drug-likeness (QED) is 0.833. The highest BCUT2D eigenvalue weighted by atomic mass is 32.1. The zero-order valence-electron chi connectivity index (χ0n) is 8.95. The Bertz CT molecular complexity index is 332. The molecule has 1 aliphatic carbocycles. The van der Waals surface area contributed by atoms with Crippen LogP contribution in [0.25, 0.3) is 0 Å². The van der Waals surface area contributed by atoms with Crippen molar-refractivity contribution in [2.75, 3.05) is 0 Å². The normalized spacial score (nSPS) is 26.1. The number of hydrogen-bond acceptors (Lipinski definition) is 3. The summed E-state index contributed by atoms with van der Waals surface area (Å²) in [6.45, 7) is 6.43. The van der Waals surface area contributed by atoms with Crippen molar-refractivity contribution in [2.45, 2.75) is 39.7 Å². The van der Waals surface area contributed by atoms with Gasteiger partial charge < -0.3 is 5.11 Å². The molecule has 2 atom stereocenters. The molecule has 1 aromatic heterocycles. The summed E-state index contributed by atoms with van der Waals surface area (Å²) in [5.41, 5.74) is 1.42. The molecule has 0 saturated heterocycles. The highest BCUT2D eigenvalue weighted by Crippen LogP contribution is 2.54. The fourth-order valence-electron chi connectivity index (χ4n) is 1.98. The Kier molecular flexibility index (Phi) is 2.40. The first-order valence-corrected chi connectivity index (χ1v) is 5.96. The molecular formula is C11H17NOS. The average Bonchev–Trinajstić information content (AvgIpc) is 2.51. The number of aromatic nitrogens is 1. The maximum Gasteiger partial charge on any atom is 0.0954 e. The average molecular weight is 211 g/mol. The van der Waals surface area contributed by atoms with Gasteiger partial charge >= 0.3 is 0 Å². The third-order valence-corrected chi connectivity index (χ3v) is 4.09. The molecule has 0 bridgehead atoms. The van der Waals surface area contributed by atoms with Crippen LogP contribution in [-0.2, 0) is 6.42 Å². The van der Waals surface area contributed by atoms with Gasteiger partial charge in [-0.15, -0.1) is 11.3 Å². The van der Waals surface area contributed by atoms with Crippen LogP contribution in [0.2, 0.25) is 0 Å². The van der Waals surface area contributed by atoms with Gasteiger partial charge in [0.1, 0.15) is 0 Å². The van der Waals surface area contributed by atoms with Gasteiger partial charge in [-0.2, -0.15) is 0 Å². The molecule has 2 unspecified atom stereocenters. The minimum Gasteiger partial charge on any atom is -0.392 e. The molecular weight excluding hydrogens is 194 g/mol. The molecule has 0 amide bonds. The van der Waals surface area contributed by atoms with Crippen LogP contribution < -0.4 is 0 Å². The van der Waals surface area contributed by atoms with E-state index in [1.165, 1.54) is 0 Å². The van der Waals surface area contributed by atoms with Crippen molar-refractivity contribution in [2.24, 2.45) is 11.3 Å². The molecule has 0 radical (unpaired) electrons. The number of aliphatic hydroxyl groups is 1. The summed E-state index contributed by atoms with van der Waals surface area (Å²) in [5.74, 6) is 0.478. The first-order valence-electron chi connectivity index (χ1n) is 5.08. The Morgan fingerprint density at radius 3 is 2.79 bits per heavy atom. The van der Waals surface area contributed by atoms with E-state index in [1.54, 1.807) is 11.3 Å². The Morgan fingerprint density at radius 2 is 2.36 bits per heavy atom. The van der Waals surface area contributed by atoms with Gasteiger partial charge in [0.25, 0.3) is 0 Å². The summed E-state index contributed by atoms with van der Waals surface area (Å²) in [7, 11) is 0. The maximum absolute atomic E-state index is 9.95. The van der Waals surface area contributed by atoms with E-state index in [1.807, 2.05) is 12.3 Å². The lowest BCUT2D eigenvalue weighted by molar-refractivity contribution is 0.137. The predicted molar refractivity (Wildman–Crippen MR) is 58.4 cm³/mol. The van der Waals surface area contributed by atoms with Gasteiger partial charge in [-0.3, -0.25) is 0 Å². The van der Waals surface area contributed by atoms with Crippen molar-refractivity contribution in [3.05, 3.63) is 16.1 Å². The molecule has 1 aliphatic rings. The maximum atomic E-state index is 9.95. The van der Waals surface area contributed by atoms with Gasteiger partial charge in [-0.05, 0) is 24.7 Å². The lowest BCUT2D eigenvalue weighted by atomic mass is 10.0. The van der Waals surface area contributed by atoms with Crippen molar-refractivity contribution >= 4 is 11.3 Å². The second-order valence-electron chi connectivity index (χ2n) is 4.95. The Morgan fingerprint density at radius 1 is 1.71 bits per heavy atom. The summed E-state index contributed by atoms with van der Waals surface area (Å²) < 4.78 is 0. The minimum absolute atomic E-state index is 0.199. The van der Waals surface area contributed by atoms with E-state index in [0.717, 1.165) is 23.5 Å². The van der Waals surface area contributed by atoms with Gasteiger partial charge in [0.15, 0.2) is 0 Å². The van der Waals surface area contributed by atoms with Crippen LogP contribution >= 0.6 is 11.3 Å². The number of aryl methyl sites for hydroxylation is 1. The van der Waals surface area contributed by atoms with Crippen LogP contribution in [-0.4, -0.2) is 16.2 Å². The first kappa shape index (κ1) is 10.1. The van der Waals surface area contributed by atoms with Gasteiger partial charge in [-0.25, -0.2) is 4.98 Å². The largest absolute Gasteiger partial charge is 0.392 e. The molecule has 2 rings (SSSR count). The van der Waals surface area contributed by atoms with Crippen LogP contribution in [0.5, 0.6) is 0 Å². The van der Waals surface area contributed by atoms with Crippen molar-refractivity contribution in [1.82, 2.24) is 4.98 Å². The fourth-order valence-corrected chi connectivity index (χ4v) is 2.81. The van der Waals surface area contributed by atoms with Gasteiger partial charge in [0.05, 0.1) is 11.1 Å². The predicted octanol–water partition coefficient (Wildman–Crippen LogP) is 2.40. The highest BCUT2D eigenvalue weighted by Gasteiger charge is 2.49. The van der Waals surface area contributed by atoms with Crippen LogP contribution in [0.3, 0.4) is 0 Å². The van der Waals surface area contributed by atoms with Crippen molar-refractivity contribution in [3.8, 4) is 0 Å². The summed E-state index contributed by atoms with van der Waals surface area (Å²) >= 11 is 1.65. The van der Waals surface area contributed by atoms with Crippen LogP contribution in [0, 0.1) is 18.3 Å². The monoisotopic (exact) mass is 211 g/mol. The van der Waals surface area contributed by atoms with E-state index < -0.39 is 0 Å². The summed E-state index contributed by atoms with van der Waals surface area (Å²) in [5, 5.41) is 13.1. The molecule has 0 spiro atoms. The third-order valence-electron chi connectivity index (χ3n) is 3.10. The van der Waals surface area contributed by atoms with Crippen LogP contribution in [0.4, 0.5) is 0 Å². The van der Waals surface area contributed by atoms with Gasteiger partial charge in [0.2, 0.25) is 0 Å². The Labute approximate surface area is 89.0 Å². The molecule has 1 saturated carbocycles. The molecule has 0 aliphatic heterocycles. The SMILES string of the molecule is Cc1csc(CC(O)C2CC2(C)C)n1. The molecule has 14 heavy (non-hydrogen) atoms. The third kappa shape index (κ3) is 1.98. The summed E-state index contributed by atoms with van der Waals surface area (Å²) in [4.78, 5) is 4.37. The van der Waals surface area contributed by atoms with Gasteiger partial charge in [0, 0.05) is 17.5 Å². The second kappa shape index (κ2) is 3.31. The topological polar surface area (TPSA) is 33.1 Å². The number of thiazole rings is 1. The zero-order valence-corrected chi connectivity index (χ0v) is 9.77. The van der Waals surface area contributed by atoms with Crippen LogP contribution in [0.15, 0.2) is 5.38 Å². The second-order valence-corrected chi connectivity index (χ2v) is 5.90. The summed E-state index contributed by atoms with van der Waals surface area (Å²) in [6, 6.07) is 0. The number of aliphatic hydroxyl groups excluding tert-OH is 1. The molecule has 78 valence electrons. The van der Waals surface area contributed by atoms with Crippen molar-refractivity contribution < 1.29 is 5.11 Å². The lowest BCUT2D eigenvalue weighted by Crippen LogP contribution is -2.16. The molecule has 0 aromatic carbocycles. The van der Waals surface area contributed by atoms with Crippen LogP contribution in [0.1, 0.15) is 31.0 Å². The fraction of sp³-hybridized carbons (Fsp3) is 0.727. The number of hydrogen-bond donors (Lipinski definition) is 1. The molecule has 1 N–H and O–H groups in total. The smallest absolute Gasteiger partial charge is 0.0954 e. The highest BCUT2D eigenvalue weighted by molar-refractivity contribution is 7.09. The lowest BCUT2D eigenvalue weighted by Gasteiger charge is -2.10. The van der Waals surface area contributed by atoms with E-state index in [-0.39, 0.29) is 6.10 Å². The Balaban J connectivity index is 1.93. The molecule has 3 heteroatoms. The standard InChI is InChI=1S/C11H17NOS/c1-7-6-14-10(12-7)4-9(13)8-5-11(8,2)3/h6,8-9,13H,4-5H2,1-3H3. The first-order chi connectivity index (χ1) is 6.49. The van der Waals surface area contributed by atoms with Gasteiger partial charge in [-0.1, -0.05) is 13.8 Å². The van der Waals surface area contributed by atoms with Crippen molar-refractivity contribution in [1.29, 1.82) is 0 Å². The molecule has 1 fully saturated rings. The van der Waals surface area contributed by atoms with E-state index >= 15 is 0 Å². The van der Waals surface area contributed by atoms with E-state index in [9.17, 15) is 5.11 Å². The molecule has 1 aromatic rings.